The van der Waals surface area contributed by atoms with Crippen LogP contribution in [0.2, 0.25) is 0 Å². The van der Waals surface area contributed by atoms with E-state index in [0.29, 0.717) is 0 Å². The van der Waals surface area contributed by atoms with Crippen molar-refractivity contribution < 1.29 is 0 Å². The summed E-state index contributed by atoms with van der Waals surface area (Å²) in [5.41, 5.74) is 0. The van der Waals surface area contributed by atoms with E-state index in [1.807, 2.05) is 0 Å². The Morgan fingerprint density at radius 2 is 1.79 bits per heavy atom. The van der Waals surface area contributed by atoms with Gasteiger partial charge in [-0.25, -0.2) is 0 Å². The van der Waals surface area contributed by atoms with Gasteiger partial charge in [0.2, 0.25) is 0 Å². The summed E-state index contributed by atoms with van der Waals surface area (Å²) in [4.78, 5) is 2.72. The molecule has 1 heteroatoms. The molecule has 0 spiro atoms. The average molecular weight is 197 g/mol. The first kappa shape index (κ1) is 12.0. The highest BCUT2D eigenvalue weighted by Crippen LogP contribution is 2.23. The van der Waals surface area contributed by atoms with Crippen molar-refractivity contribution in [3.05, 3.63) is 0 Å². The molecule has 1 fully saturated rings. The third kappa shape index (κ3) is 3.61. The molecule has 1 nitrogen and oxygen atoms in total. The number of hydrogen-bond donors (Lipinski definition) is 0. The summed E-state index contributed by atoms with van der Waals surface area (Å²) in [7, 11) is 0. The third-order valence-electron chi connectivity index (χ3n) is 3.74. The Bertz CT molecular complexity index is 138. The summed E-state index contributed by atoms with van der Waals surface area (Å²) in [5, 5.41) is 0. The van der Waals surface area contributed by atoms with Crippen LogP contribution in [-0.4, -0.2) is 24.0 Å². The summed E-state index contributed by atoms with van der Waals surface area (Å²) in [6.45, 7) is 9.56. The fourth-order valence-electron chi connectivity index (χ4n) is 2.51. The maximum absolute atomic E-state index is 2.72. The van der Waals surface area contributed by atoms with Gasteiger partial charge < -0.3 is 4.90 Å². The molecule has 0 radical (unpaired) electrons. The van der Waals surface area contributed by atoms with Gasteiger partial charge in [0.15, 0.2) is 0 Å². The van der Waals surface area contributed by atoms with Crippen LogP contribution in [0, 0.1) is 5.92 Å². The summed E-state index contributed by atoms with van der Waals surface area (Å²) in [6, 6.07) is 0.905. The highest BCUT2D eigenvalue weighted by atomic mass is 15.1. The van der Waals surface area contributed by atoms with Gasteiger partial charge in [0.05, 0.1) is 0 Å². The zero-order chi connectivity index (χ0) is 10.4. The quantitative estimate of drug-likeness (QED) is 0.650. The lowest BCUT2D eigenvalue weighted by Crippen LogP contribution is -2.39. The Morgan fingerprint density at radius 1 is 1.14 bits per heavy atom. The first-order valence-corrected chi connectivity index (χ1v) is 6.52. The molecule has 1 rings (SSSR count). The molecule has 0 N–H and O–H groups in total. The Kier molecular flexibility index (Phi) is 5.54. The molecule has 0 bridgehead atoms. The molecule has 0 heterocycles. The van der Waals surface area contributed by atoms with Gasteiger partial charge in [0.25, 0.3) is 0 Å². The second-order valence-electron chi connectivity index (χ2n) is 4.89. The smallest absolute Gasteiger partial charge is 0.00952 e. The first-order valence-electron chi connectivity index (χ1n) is 6.52. The van der Waals surface area contributed by atoms with Crippen LogP contribution in [0.1, 0.15) is 59.3 Å². The van der Waals surface area contributed by atoms with Crippen molar-refractivity contribution in [2.24, 2.45) is 5.92 Å². The van der Waals surface area contributed by atoms with E-state index in [4.69, 9.17) is 0 Å². The van der Waals surface area contributed by atoms with E-state index < -0.39 is 0 Å². The molecule has 0 aromatic carbocycles. The van der Waals surface area contributed by atoms with E-state index in [9.17, 15) is 0 Å². The van der Waals surface area contributed by atoms with Crippen molar-refractivity contribution in [1.82, 2.24) is 4.90 Å². The second kappa shape index (κ2) is 6.44. The second-order valence-corrected chi connectivity index (χ2v) is 4.89. The van der Waals surface area contributed by atoms with E-state index in [2.05, 4.69) is 25.7 Å². The summed E-state index contributed by atoms with van der Waals surface area (Å²) >= 11 is 0. The highest BCUT2D eigenvalue weighted by Gasteiger charge is 2.20. The van der Waals surface area contributed by atoms with Crippen molar-refractivity contribution >= 4 is 0 Å². The summed E-state index contributed by atoms with van der Waals surface area (Å²) < 4.78 is 0. The topological polar surface area (TPSA) is 3.24 Å². The van der Waals surface area contributed by atoms with Gasteiger partial charge >= 0.3 is 0 Å². The van der Waals surface area contributed by atoms with Crippen LogP contribution in [0.4, 0.5) is 0 Å². The maximum Gasteiger partial charge on any atom is 0.00952 e. The van der Waals surface area contributed by atoms with Crippen LogP contribution in [0.5, 0.6) is 0 Å². The van der Waals surface area contributed by atoms with Gasteiger partial charge in [-0.15, -0.1) is 0 Å². The lowest BCUT2D eigenvalue weighted by Gasteiger charge is -2.35. The summed E-state index contributed by atoms with van der Waals surface area (Å²) in [5.74, 6) is 0.872. The monoisotopic (exact) mass is 197 g/mol. The number of nitrogens with zero attached hydrogens (tertiary/aromatic N) is 1. The Hall–Kier alpha value is -0.0400. The van der Waals surface area contributed by atoms with Gasteiger partial charge in [0.1, 0.15) is 0 Å². The van der Waals surface area contributed by atoms with Crippen molar-refractivity contribution in [2.45, 2.75) is 65.3 Å². The molecule has 0 aliphatic heterocycles. The van der Waals surface area contributed by atoms with Gasteiger partial charge in [-0.3, -0.25) is 0 Å². The largest absolute Gasteiger partial charge is 0.300 e. The highest BCUT2D eigenvalue weighted by molar-refractivity contribution is 4.76. The van der Waals surface area contributed by atoms with E-state index in [1.165, 1.54) is 51.6 Å². The molecule has 1 aliphatic carbocycles. The van der Waals surface area contributed by atoms with Gasteiger partial charge in [-0.2, -0.15) is 0 Å². The molecular formula is C13H27N. The lowest BCUT2D eigenvalue weighted by molar-refractivity contribution is 0.142. The van der Waals surface area contributed by atoms with Crippen molar-refractivity contribution in [3.63, 3.8) is 0 Å². The summed E-state index contributed by atoms with van der Waals surface area (Å²) in [6.07, 6.45) is 8.61. The first-order chi connectivity index (χ1) is 6.77. The molecule has 1 aliphatic rings. The normalized spacial score (nSPS) is 21.4. The van der Waals surface area contributed by atoms with Crippen LogP contribution in [0.3, 0.4) is 0 Å². The van der Waals surface area contributed by atoms with Crippen LogP contribution in [0.15, 0.2) is 0 Å². The molecule has 84 valence electrons. The Morgan fingerprint density at radius 3 is 2.29 bits per heavy atom. The molecule has 1 atom stereocenters. The van der Waals surface area contributed by atoms with Crippen LogP contribution in [0.25, 0.3) is 0 Å². The SMILES string of the molecule is CCC(C)CN(CC)C1CCCCC1. The molecule has 0 amide bonds. The van der Waals surface area contributed by atoms with Gasteiger partial charge in [-0.05, 0) is 25.3 Å². The molecule has 0 saturated heterocycles. The van der Waals surface area contributed by atoms with E-state index in [0.717, 1.165) is 12.0 Å². The molecule has 0 aromatic heterocycles. The third-order valence-corrected chi connectivity index (χ3v) is 3.74. The van der Waals surface area contributed by atoms with Gasteiger partial charge in [-0.1, -0.05) is 46.5 Å². The van der Waals surface area contributed by atoms with Crippen LogP contribution < -0.4 is 0 Å². The van der Waals surface area contributed by atoms with E-state index in [1.54, 1.807) is 0 Å². The van der Waals surface area contributed by atoms with Crippen LogP contribution in [-0.2, 0) is 0 Å². The zero-order valence-electron chi connectivity index (χ0n) is 10.3. The maximum atomic E-state index is 2.72. The minimum Gasteiger partial charge on any atom is -0.300 e. The van der Waals surface area contributed by atoms with E-state index >= 15 is 0 Å². The zero-order valence-corrected chi connectivity index (χ0v) is 10.3. The lowest BCUT2D eigenvalue weighted by atomic mass is 9.93. The molecule has 14 heavy (non-hydrogen) atoms. The van der Waals surface area contributed by atoms with Crippen molar-refractivity contribution in [3.8, 4) is 0 Å². The Labute approximate surface area is 89.9 Å². The van der Waals surface area contributed by atoms with Crippen LogP contribution >= 0.6 is 0 Å². The van der Waals surface area contributed by atoms with E-state index in [-0.39, 0.29) is 0 Å². The van der Waals surface area contributed by atoms with Crippen molar-refractivity contribution in [1.29, 1.82) is 0 Å². The predicted octanol–water partition coefficient (Wildman–Crippen LogP) is 3.69. The molecule has 0 aromatic rings. The number of hydrogen-bond acceptors (Lipinski definition) is 1. The molecular weight excluding hydrogens is 170 g/mol. The predicted molar refractivity (Wildman–Crippen MR) is 63.6 cm³/mol. The molecule has 1 saturated carbocycles. The van der Waals surface area contributed by atoms with Crippen molar-refractivity contribution in [2.75, 3.05) is 13.1 Å². The number of rotatable bonds is 5. The minimum absolute atomic E-state index is 0.872. The Balaban J connectivity index is 2.35. The standard InChI is InChI=1S/C13H27N/c1-4-12(3)11-14(5-2)13-9-7-6-8-10-13/h12-13H,4-11H2,1-3H3. The minimum atomic E-state index is 0.872. The molecule has 1 unspecified atom stereocenters. The average Bonchev–Trinajstić information content (AvgIpc) is 2.26. The van der Waals surface area contributed by atoms with Gasteiger partial charge in [0, 0.05) is 12.6 Å². The fourth-order valence-corrected chi connectivity index (χ4v) is 2.51. The fraction of sp³-hybridized carbons (Fsp3) is 1.00.